The van der Waals surface area contributed by atoms with Crippen LogP contribution in [0.4, 0.5) is 0 Å². The Balaban J connectivity index is 1.99. The van der Waals surface area contributed by atoms with Crippen molar-refractivity contribution in [1.82, 2.24) is 17.1 Å². The quantitative estimate of drug-likeness (QED) is 0.218. The van der Waals surface area contributed by atoms with Crippen LogP contribution in [-0.4, -0.2) is 17.1 Å². The number of halogens is 2. The number of nitrogens with zero attached hydrogens (tertiary/aromatic N) is 5. The van der Waals surface area contributed by atoms with Crippen LogP contribution in [0.25, 0.3) is 0 Å². The first-order valence-electron chi connectivity index (χ1n) is 2.65. The van der Waals surface area contributed by atoms with E-state index in [9.17, 15) is 20.8 Å². The third-order valence-electron chi connectivity index (χ3n) is 1.30. The Labute approximate surface area is 79.1 Å². The second kappa shape index (κ2) is 2.58. The van der Waals surface area contributed by atoms with E-state index in [0.29, 0.717) is 0 Å². The van der Waals surface area contributed by atoms with Crippen molar-refractivity contribution in [2.24, 2.45) is 0 Å². The monoisotopic (exact) mass is 420 g/mol. The van der Waals surface area contributed by atoms with E-state index in [2.05, 4.69) is 9.88 Å². The van der Waals surface area contributed by atoms with Crippen LogP contribution in [-0.2, 0) is 9.88 Å². The predicted molar refractivity (Wildman–Crippen MR) is 38.9 cm³/mol. The maximum atomic E-state index is 11.0. The Kier molecular flexibility index (Phi) is 1.84. The Morgan fingerprint density at radius 1 is 1.00 bits per heavy atom. The average molecular weight is 420 g/mol. The molecule has 3 aliphatic rings. The molecule has 0 aromatic heterocycles. The summed E-state index contributed by atoms with van der Waals surface area (Å²) in [6.07, 6.45) is 0. The molecule has 0 aromatic carbocycles. The van der Waals surface area contributed by atoms with Gasteiger partial charge in [-0.25, -0.2) is 0 Å². The van der Waals surface area contributed by atoms with Gasteiger partial charge in [-0.3, -0.25) is 0 Å². The van der Waals surface area contributed by atoms with Crippen LogP contribution in [0.2, 0.25) is 0 Å². The van der Waals surface area contributed by atoms with Gasteiger partial charge in [0.05, 0.1) is 0 Å². The molecule has 3 saturated heterocycles. The van der Waals surface area contributed by atoms with Crippen molar-refractivity contribution in [2.45, 2.75) is 0 Å². The van der Waals surface area contributed by atoms with Gasteiger partial charge >= 0.3 is 79.5 Å². The standard InChI is InChI=1S/I2N5O6/c8-4-1-2(5(9)12-4)3(1)7(11)13-6(2)10/q-5. The number of hydrogen-bond acceptors (Lipinski definition) is 11. The van der Waals surface area contributed by atoms with Crippen molar-refractivity contribution < 1.29 is 25.2 Å². The molecular weight excluding hydrogens is 420 g/mol. The molecule has 11 nitrogen and oxygen atoms in total. The van der Waals surface area contributed by atoms with E-state index >= 15 is 0 Å². The van der Waals surface area contributed by atoms with Crippen LogP contribution < -0.4 is 15.3 Å². The molecule has 2 unspecified atom stereocenters. The molecule has 80 valence electrons. The summed E-state index contributed by atoms with van der Waals surface area (Å²) in [5.74, 6) is 0. The molecule has 0 aliphatic carbocycles. The van der Waals surface area contributed by atoms with E-state index < -0.39 is 31.7 Å². The van der Waals surface area contributed by atoms with Crippen molar-refractivity contribution in [3.8, 4) is 0 Å². The van der Waals surface area contributed by atoms with Gasteiger partial charge in [0.15, 0.2) is 0 Å². The van der Waals surface area contributed by atoms with E-state index in [0.717, 1.165) is 1.44 Å². The summed E-state index contributed by atoms with van der Waals surface area (Å²) in [5.41, 5.74) is 0. The number of hydrazine groups is 1. The fraction of sp³-hybridized carbons (Fsp3) is 0. The molecule has 3 heterocycles. The van der Waals surface area contributed by atoms with Gasteiger partial charge in [0.1, 0.15) is 0 Å². The summed E-state index contributed by atoms with van der Waals surface area (Å²) in [7, 11) is 0. The number of hydrogen-bond donors (Lipinski definition) is 0. The van der Waals surface area contributed by atoms with Crippen molar-refractivity contribution >= 4 is 16.4 Å². The van der Waals surface area contributed by atoms with Crippen LogP contribution in [0.1, 0.15) is 0 Å². The Morgan fingerprint density at radius 2 is 1.62 bits per heavy atom. The summed E-state index contributed by atoms with van der Waals surface area (Å²) < 4.78 is 0.961. The second-order valence-electron chi connectivity index (χ2n) is 1.88. The molecule has 0 saturated carbocycles. The fourth-order valence-electron chi connectivity index (χ4n) is 0.842. The Hall–Kier alpha value is 1.02. The van der Waals surface area contributed by atoms with Gasteiger partial charge in [-0.05, 0) is 0 Å². The molecule has 13 heavy (non-hydrogen) atoms. The third-order valence-corrected chi connectivity index (χ3v) is 27.1. The molecule has 13 heteroatoms. The zero-order valence-electron chi connectivity index (χ0n) is 5.44. The number of rotatable bonds is 0. The first-order chi connectivity index (χ1) is 6.10. The first-order valence-corrected chi connectivity index (χ1v) is 13.8. The molecule has 3 aliphatic heterocycles. The van der Waals surface area contributed by atoms with Crippen LogP contribution in [0, 0.1) is 20.8 Å². The van der Waals surface area contributed by atoms with Gasteiger partial charge in [0.25, 0.3) is 0 Å². The van der Waals surface area contributed by atoms with E-state index in [1.165, 1.54) is 0 Å². The number of fused-ring (bicyclic) bond motifs is 1. The first kappa shape index (κ1) is 9.26. The Morgan fingerprint density at radius 3 is 2.15 bits per heavy atom. The summed E-state index contributed by atoms with van der Waals surface area (Å²) >= 11 is -6.54. The van der Waals surface area contributed by atoms with Crippen molar-refractivity contribution in [3.05, 3.63) is 20.8 Å². The van der Waals surface area contributed by atoms with Crippen molar-refractivity contribution in [1.29, 1.82) is 0 Å². The molecule has 0 radical (unpaired) electrons. The molecule has 3 fully saturated rings. The maximum absolute atomic E-state index is 11.0. The summed E-state index contributed by atoms with van der Waals surface area (Å²) in [6, 6.07) is 0. The molecule has 2 atom stereocenters. The third kappa shape index (κ3) is 0.854. The van der Waals surface area contributed by atoms with Gasteiger partial charge < -0.3 is 0 Å². The van der Waals surface area contributed by atoms with Crippen LogP contribution in [0.3, 0.4) is 0 Å². The fourth-order valence-corrected chi connectivity index (χ4v) is 30.4. The summed E-state index contributed by atoms with van der Waals surface area (Å²) in [6.45, 7) is 0. The van der Waals surface area contributed by atoms with Crippen molar-refractivity contribution in [2.75, 3.05) is 0 Å². The van der Waals surface area contributed by atoms with Crippen LogP contribution in [0.15, 0.2) is 0 Å². The van der Waals surface area contributed by atoms with Gasteiger partial charge in [-0.1, -0.05) is 0 Å². The molecule has 1 spiro atoms. The SMILES string of the molecule is [O-]N1ON([O-])[I-]23N([O-])ON([O-])I2N13. The van der Waals surface area contributed by atoms with E-state index in [1.807, 2.05) is 0 Å². The molecule has 0 bridgehead atoms. The molecule has 0 aromatic rings. The summed E-state index contributed by atoms with van der Waals surface area (Å²) in [5, 5.41) is 43.6. The summed E-state index contributed by atoms with van der Waals surface area (Å²) in [4.78, 5) is 8.18. The molecule has 0 N–H and O–H groups in total. The van der Waals surface area contributed by atoms with Gasteiger partial charge in [-0.2, -0.15) is 0 Å². The minimum atomic E-state index is -3.85. The van der Waals surface area contributed by atoms with Crippen molar-refractivity contribution in [3.63, 3.8) is 0 Å². The molecule has 3 rings (SSSR count). The minimum absolute atomic E-state index is 0.0325. The van der Waals surface area contributed by atoms with Gasteiger partial charge in [-0.15, -0.1) is 0 Å². The van der Waals surface area contributed by atoms with Gasteiger partial charge in [0.2, 0.25) is 0 Å². The van der Waals surface area contributed by atoms with E-state index in [-0.39, 0.29) is 15.7 Å². The van der Waals surface area contributed by atoms with Crippen LogP contribution >= 0.6 is 16.4 Å². The zero-order chi connectivity index (χ0) is 9.38. The normalized spacial score (nSPS) is 54.8. The second-order valence-corrected chi connectivity index (χ2v) is 23.7. The topological polar surface area (TPSA) is 127 Å². The average Bonchev–Trinajstić information content (AvgIpc) is 2.58. The molecular formula is I2N5O6-5. The van der Waals surface area contributed by atoms with Crippen LogP contribution in [0.5, 0.6) is 0 Å². The van der Waals surface area contributed by atoms with E-state index in [4.69, 9.17) is 0 Å². The van der Waals surface area contributed by atoms with Gasteiger partial charge in [0, 0.05) is 0 Å². The predicted octanol–water partition coefficient (Wildman–Crippen LogP) is -3.71. The molecule has 0 amide bonds. The van der Waals surface area contributed by atoms with E-state index in [1.54, 1.807) is 0 Å². The Bertz CT molecular complexity index is 235. The zero-order valence-corrected chi connectivity index (χ0v) is 9.76.